The molecular formula is C56H44N2O2. The summed E-state index contributed by atoms with van der Waals surface area (Å²) in [5.74, 6) is 0. The summed E-state index contributed by atoms with van der Waals surface area (Å²) < 4.78 is 13.5. The van der Waals surface area contributed by atoms with Gasteiger partial charge in [0.25, 0.3) is 0 Å². The molecule has 4 heteroatoms. The van der Waals surface area contributed by atoms with Crippen molar-refractivity contribution in [1.82, 2.24) is 0 Å². The first-order valence-corrected chi connectivity index (χ1v) is 20.7. The van der Waals surface area contributed by atoms with Crippen LogP contribution in [0.4, 0.5) is 34.1 Å². The van der Waals surface area contributed by atoms with E-state index in [-0.39, 0.29) is 0 Å². The highest BCUT2D eigenvalue weighted by Crippen LogP contribution is 2.45. The molecule has 0 bridgehead atoms. The van der Waals surface area contributed by atoms with Crippen LogP contribution in [0.1, 0.15) is 33.4 Å². The first kappa shape index (κ1) is 35.8. The molecule has 9 aromatic carbocycles. The van der Waals surface area contributed by atoms with Crippen LogP contribution in [0.15, 0.2) is 167 Å². The zero-order chi connectivity index (χ0) is 40.8. The van der Waals surface area contributed by atoms with Crippen LogP contribution in [0.3, 0.4) is 0 Å². The zero-order valence-electron chi connectivity index (χ0n) is 34.7. The minimum absolute atomic E-state index is 0.818. The van der Waals surface area contributed by atoms with Gasteiger partial charge in [0.05, 0.1) is 5.39 Å². The van der Waals surface area contributed by atoms with Gasteiger partial charge in [-0.05, 0) is 170 Å². The molecule has 0 spiro atoms. The van der Waals surface area contributed by atoms with E-state index in [0.717, 1.165) is 82.8 Å². The molecule has 2 aromatic heterocycles. The lowest BCUT2D eigenvalue weighted by atomic mass is 10.0. The van der Waals surface area contributed by atoms with Gasteiger partial charge in [0.1, 0.15) is 22.3 Å². The van der Waals surface area contributed by atoms with Crippen molar-refractivity contribution in [2.24, 2.45) is 0 Å². The van der Waals surface area contributed by atoms with Crippen molar-refractivity contribution in [1.29, 1.82) is 0 Å². The number of benzene rings is 9. The number of aryl methyl sites for hydroxylation is 6. The Balaban J connectivity index is 1.05. The molecular weight excluding hydrogens is 733 g/mol. The lowest BCUT2D eigenvalue weighted by Crippen LogP contribution is -2.12. The van der Waals surface area contributed by atoms with Crippen molar-refractivity contribution >= 4 is 99.5 Å². The van der Waals surface area contributed by atoms with Crippen LogP contribution >= 0.6 is 0 Å². The Kier molecular flexibility index (Phi) is 8.15. The number of rotatable bonds is 6. The molecule has 11 aromatic rings. The summed E-state index contributed by atoms with van der Waals surface area (Å²) in [6.45, 7) is 13.0. The summed E-state index contributed by atoms with van der Waals surface area (Å²) in [6, 6.07) is 57.3. The Morgan fingerprint density at radius 2 is 0.833 bits per heavy atom. The van der Waals surface area contributed by atoms with Gasteiger partial charge in [-0.15, -0.1) is 0 Å². The second-order valence-electron chi connectivity index (χ2n) is 16.6. The van der Waals surface area contributed by atoms with Gasteiger partial charge in [0, 0.05) is 50.3 Å². The average Bonchev–Trinajstić information content (AvgIpc) is 3.79. The average molecular weight is 777 g/mol. The van der Waals surface area contributed by atoms with Crippen molar-refractivity contribution in [3.05, 3.63) is 191 Å². The first-order valence-electron chi connectivity index (χ1n) is 20.7. The van der Waals surface area contributed by atoms with E-state index in [1.165, 1.54) is 50.1 Å². The first-order chi connectivity index (χ1) is 29.2. The number of hydrogen-bond acceptors (Lipinski definition) is 4. The highest BCUT2D eigenvalue weighted by atomic mass is 16.3. The Morgan fingerprint density at radius 1 is 0.333 bits per heavy atom. The van der Waals surface area contributed by atoms with E-state index in [1.807, 2.05) is 0 Å². The van der Waals surface area contributed by atoms with Crippen molar-refractivity contribution in [3.63, 3.8) is 0 Å². The number of para-hydroxylation sites is 2. The molecule has 290 valence electrons. The lowest BCUT2D eigenvalue weighted by molar-refractivity contribution is 0.663. The predicted octanol–water partition coefficient (Wildman–Crippen LogP) is 16.6. The maximum Gasteiger partial charge on any atom is 0.147 e. The molecule has 0 saturated heterocycles. The third kappa shape index (κ3) is 5.74. The molecule has 0 fully saturated rings. The molecule has 0 aliphatic heterocycles. The van der Waals surface area contributed by atoms with Gasteiger partial charge in [-0.1, -0.05) is 83.9 Å². The topological polar surface area (TPSA) is 32.8 Å². The molecule has 0 atom stereocenters. The Labute approximate surface area is 349 Å². The van der Waals surface area contributed by atoms with Gasteiger partial charge in [-0.25, -0.2) is 0 Å². The fraction of sp³-hybridized carbons (Fsp3) is 0.107. The van der Waals surface area contributed by atoms with Crippen molar-refractivity contribution in [3.8, 4) is 0 Å². The minimum Gasteiger partial charge on any atom is -0.456 e. The number of hydrogen-bond donors (Lipinski definition) is 0. The summed E-state index contributed by atoms with van der Waals surface area (Å²) in [5, 5.41) is 8.79. The summed E-state index contributed by atoms with van der Waals surface area (Å²) >= 11 is 0. The van der Waals surface area contributed by atoms with Gasteiger partial charge in [0.2, 0.25) is 0 Å². The molecule has 0 unspecified atom stereocenters. The van der Waals surface area contributed by atoms with E-state index in [9.17, 15) is 0 Å². The van der Waals surface area contributed by atoms with E-state index in [2.05, 4.69) is 209 Å². The molecule has 0 aliphatic carbocycles. The maximum absolute atomic E-state index is 6.87. The monoisotopic (exact) mass is 776 g/mol. The van der Waals surface area contributed by atoms with E-state index in [0.29, 0.717) is 0 Å². The van der Waals surface area contributed by atoms with E-state index < -0.39 is 0 Å². The van der Waals surface area contributed by atoms with E-state index >= 15 is 0 Å². The predicted molar refractivity (Wildman–Crippen MR) is 254 cm³/mol. The fourth-order valence-corrected chi connectivity index (χ4v) is 9.39. The number of nitrogens with zero attached hydrogens (tertiary/aromatic N) is 2. The Hall–Kier alpha value is -7.30. The van der Waals surface area contributed by atoms with Gasteiger partial charge >= 0.3 is 0 Å². The van der Waals surface area contributed by atoms with Gasteiger partial charge in [-0.2, -0.15) is 0 Å². The molecule has 0 saturated carbocycles. The van der Waals surface area contributed by atoms with Crippen LogP contribution in [0, 0.1) is 41.5 Å². The summed E-state index contributed by atoms with van der Waals surface area (Å²) in [6.07, 6.45) is 0. The van der Waals surface area contributed by atoms with E-state index in [4.69, 9.17) is 8.83 Å². The molecule has 0 aliphatic rings. The molecule has 60 heavy (non-hydrogen) atoms. The summed E-state index contributed by atoms with van der Waals surface area (Å²) in [4.78, 5) is 4.76. The number of furan rings is 2. The molecule has 0 radical (unpaired) electrons. The Morgan fingerprint density at radius 3 is 1.37 bits per heavy atom. The smallest absolute Gasteiger partial charge is 0.147 e. The molecule has 4 nitrogen and oxygen atoms in total. The molecule has 2 heterocycles. The molecule has 0 amide bonds. The van der Waals surface area contributed by atoms with Crippen LogP contribution in [0.25, 0.3) is 65.4 Å². The summed E-state index contributed by atoms with van der Waals surface area (Å²) in [5.41, 5.74) is 17.6. The SMILES string of the molecule is Cc1ccc(N(c2ccc3cc4c(cc3c2)oc2c4ccc3oc4cc5cc(N(c6ccccc6C)c6ccc(C)cc6C)ccc5cc4c32)c2ccccc2C)c(C)c1. The normalized spacial score (nSPS) is 11.8. The van der Waals surface area contributed by atoms with Gasteiger partial charge in [0.15, 0.2) is 0 Å². The van der Waals surface area contributed by atoms with Gasteiger partial charge in [-0.3, -0.25) is 0 Å². The van der Waals surface area contributed by atoms with Crippen molar-refractivity contribution < 1.29 is 8.83 Å². The lowest BCUT2D eigenvalue weighted by Gasteiger charge is -2.29. The van der Waals surface area contributed by atoms with E-state index in [1.54, 1.807) is 0 Å². The molecule has 0 N–H and O–H groups in total. The largest absolute Gasteiger partial charge is 0.456 e. The highest BCUT2D eigenvalue weighted by molar-refractivity contribution is 6.24. The standard InChI is InChI=1S/C56H44N2O2/c1-33-15-22-50(37(5)25-33)57(48-13-9-7-11-35(48)3)43-19-17-39-29-46-45-21-24-52-55(56(45)60-53(46)31-41(39)27-43)47-30-40-18-20-44(28-42(40)32-54(47)59-52)58(49-14-10-8-12-36(49)4)51-23-16-34(2)26-38(51)6/h7-32H,1-6H3. The third-order valence-electron chi connectivity index (χ3n) is 12.4. The second-order valence-corrected chi connectivity index (χ2v) is 16.6. The van der Waals surface area contributed by atoms with Crippen molar-refractivity contribution in [2.45, 2.75) is 41.5 Å². The van der Waals surface area contributed by atoms with Crippen molar-refractivity contribution in [2.75, 3.05) is 9.80 Å². The minimum atomic E-state index is 0.818. The number of fused-ring (bicyclic) bond motifs is 9. The maximum atomic E-state index is 6.87. The quantitative estimate of drug-likeness (QED) is 0.168. The van der Waals surface area contributed by atoms with Crippen LogP contribution in [-0.2, 0) is 0 Å². The number of anilines is 6. The Bertz CT molecular complexity index is 3530. The zero-order valence-corrected chi connectivity index (χ0v) is 34.7. The second kappa shape index (κ2) is 13.6. The third-order valence-corrected chi connectivity index (χ3v) is 12.4. The highest BCUT2D eigenvalue weighted by Gasteiger charge is 2.21. The van der Waals surface area contributed by atoms with Crippen LogP contribution < -0.4 is 9.80 Å². The van der Waals surface area contributed by atoms with Crippen LogP contribution in [0.5, 0.6) is 0 Å². The van der Waals surface area contributed by atoms with Crippen LogP contribution in [0.2, 0.25) is 0 Å². The summed E-state index contributed by atoms with van der Waals surface area (Å²) in [7, 11) is 0. The van der Waals surface area contributed by atoms with Gasteiger partial charge < -0.3 is 18.6 Å². The molecule has 11 rings (SSSR count). The fourth-order valence-electron chi connectivity index (χ4n) is 9.39. The van der Waals surface area contributed by atoms with Crippen LogP contribution in [-0.4, -0.2) is 0 Å².